The molecule has 1 rings (SSSR count). The van der Waals surface area contributed by atoms with Crippen molar-refractivity contribution >= 4 is 0 Å². The highest BCUT2D eigenvalue weighted by Gasteiger charge is 2.24. The van der Waals surface area contributed by atoms with Crippen LogP contribution in [0.15, 0.2) is 0 Å². The predicted molar refractivity (Wildman–Crippen MR) is 82.0 cm³/mol. The molecule has 0 radical (unpaired) electrons. The van der Waals surface area contributed by atoms with Gasteiger partial charge in [0.2, 0.25) is 0 Å². The Kier molecular flexibility index (Phi) is 8.69. The molecule has 20 heavy (non-hydrogen) atoms. The van der Waals surface area contributed by atoms with Crippen molar-refractivity contribution in [2.24, 2.45) is 5.92 Å². The quantitative estimate of drug-likeness (QED) is 0.706. The summed E-state index contributed by atoms with van der Waals surface area (Å²) in [4.78, 5) is 2.31. The Morgan fingerprint density at radius 1 is 1.20 bits per heavy atom. The van der Waals surface area contributed by atoms with E-state index in [1.165, 1.54) is 32.1 Å². The molecule has 2 atom stereocenters. The fourth-order valence-electron chi connectivity index (χ4n) is 3.09. The molecule has 0 bridgehead atoms. The summed E-state index contributed by atoms with van der Waals surface area (Å²) in [6.07, 6.45) is 6.14. The first-order chi connectivity index (χ1) is 9.56. The SMILES string of the molecule is CCC1CCC(N(C)CC(O)COC(C)COC)CC1. The number of methoxy groups -OCH3 is 1. The molecule has 0 aromatic carbocycles. The lowest BCUT2D eigenvalue weighted by molar-refractivity contribution is -0.0420. The summed E-state index contributed by atoms with van der Waals surface area (Å²) in [6, 6.07) is 0.629. The second-order valence-corrected chi connectivity index (χ2v) is 6.28. The van der Waals surface area contributed by atoms with Crippen LogP contribution in [0.5, 0.6) is 0 Å². The maximum Gasteiger partial charge on any atom is 0.0900 e. The van der Waals surface area contributed by atoms with E-state index < -0.39 is 6.10 Å². The van der Waals surface area contributed by atoms with Crippen LogP contribution < -0.4 is 0 Å². The average Bonchev–Trinajstić information content (AvgIpc) is 2.45. The second-order valence-electron chi connectivity index (χ2n) is 6.28. The van der Waals surface area contributed by atoms with Gasteiger partial charge in [0.05, 0.1) is 25.4 Å². The molecule has 1 saturated carbocycles. The highest BCUT2D eigenvalue weighted by molar-refractivity contribution is 4.79. The molecule has 4 nitrogen and oxygen atoms in total. The average molecular weight is 287 g/mol. The van der Waals surface area contributed by atoms with Gasteiger partial charge in [0.25, 0.3) is 0 Å². The number of aliphatic hydroxyl groups excluding tert-OH is 1. The Hall–Kier alpha value is -0.160. The number of ether oxygens (including phenoxy) is 2. The van der Waals surface area contributed by atoms with E-state index >= 15 is 0 Å². The Bertz CT molecular complexity index is 242. The summed E-state index contributed by atoms with van der Waals surface area (Å²) in [5, 5.41) is 10.1. The predicted octanol–water partition coefficient (Wildman–Crippen LogP) is 2.30. The van der Waals surface area contributed by atoms with Crippen LogP contribution in [0.3, 0.4) is 0 Å². The molecule has 0 heterocycles. The molecule has 0 aromatic rings. The molecule has 120 valence electrons. The van der Waals surface area contributed by atoms with Crippen LogP contribution in [0.4, 0.5) is 0 Å². The zero-order chi connectivity index (χ0) is 15.0. The van der Waals surface area contributed by atoms with Gasteiger partial charge in [-0.15, -0.1) is 0 Å². The first kappa shape index (κ1) is 17.9. The molecule has 0 saturated heterocycles. The fraction of sp³-hybridized carbons (Fsp3) is 1.00. The van der Waals surface area contributed by atoms with Crippen molar-refractivity contribution in [3.05, 3.63) is 0 Å². The number of rotatable bonds is 9. The van der Waals surface area contributed by atoms with Gasteiger partial charge in [-0.2, -0.15) is 0 Å². The molecule has 0 aliphatic heterocycles. The van der Waals surface area contributed by atoms with Gasteiger partial charge in [-0.1, -0.05) is 13.3 Å². The number of hydrogen-bond acceptors (Lipinski definition) is 4. The van der Waals surface area contributed by atoms with E-state index in [9.17, 15) is 5.11 Å². The highest BCUT2D eigenvalue weighted by atomic mass is 16.5. The number of likely N-dealkylation sites (N-methyl/N-ethyl adjacent to an activating group) is 1. The lowest BCUT2D eigenvalue weighted by atomic mass is 9.84. The van der Waals surface area contributed by atoms with Gasteiger partial charge in [-0.25, -0.2) is 0 Å². The van der Waals surface area contributed by atoms with Gasteiger partial charge in [-0.05, 0) is 45.6 Å². The smallest absolute Gasteiger partial charge is 0.0900 e. The zero-order valence-corrected chi connectivity index (χ0v) is 13.7. The van der Waals surface area contributed by atoms with Crippen LogP contribution in [0.1, 0.15) is 46.0 Å². The highest BCUT2D eigenvalue weighted by Crippen LogP contribution is 2.28. The van der Waals surface area contributed by atoms with Crippen molar-refractivity contribution in [2.45, 2.75) is 64.2 Å². The zero-order valence-electron chi connectivity index (χ0n) is 13.7. The lowest BCUT2D eigenvalue weighted by Crippen LogP contribution is -2.41. The summed E-state index contributed by atoms with van der Waals surface area (Å²) >= 11 is 0. The number of nitrogens with zero attached hydrogens (tertiary/aromatic N) is 1. The number of hydrogen-bond donors (Lipinski definition) is 1. The van der Waals surface area contributed by atoms with Crippen LogP contribution >= 0.6 is 0 Å². The second kappa shape index (κ2) is 9.72. The van der Waals surface area contributed by atoms with E-state index in [-0.39, 0.29) is 6.10 Å². The van der Waals surface area contributed by atoms with Gasteiger partial charge >= 0.3 is 0 Å². The van der Waals surface area contributed by atoms with Gasteiger partial charge < -0.3 is 19.5 Å². The van der Waals surface area contributed by atoms with Crippen LogP contribution in [0.25, 0.3) is 0 Å². The third-order valence-corrected chi connectivity index (χ3v) is 4.49. The summed E-state index contributed by atoms with van der Waals surface area (Å²) in [5.41, 5.74) is 0. The molecule has 0 spiro atoms. The van der Waals surface area contributed by atoms with E-state index in [1.807, 2.05) is 6.92 Å². The van der Waals surface area contributed by atoms with Crippen molar-refractivity contribution in [1.82, 2.24) is 4.90 Å². The van der Waals surface area contributed by atoms with Crippen LogP contribution in [0.2, 0.25) is 0 Å². The van der Waals surface area contributed by atoms with E-state index in [1.54, 1.807) is 7.11 Å². The van der Waals surface area contributed by atoms with Crippen LogP contribution in [0, 0.1) is 5.92 Å². The largest absolute Gasteiger partial charge is 0.389 e. The summed E-state index contributed by atoms with van der Waals surface area (Å²) in [5.74, 6) is 0.919. The molecule has 0 aromatic heterocycles. The van der Waals surface area contributed by atoms with Crippen LogP contribution in [-0.4, -0.2) is 62.2 Å². The maximum atomic E-state index is 10.1. The Morgan fingerprint density at radius 3 is 2.40 bits per heavy atom. The molecular formula is C16H33NO3. The van der Waals surface area contributed by atoms with Gasteiger partial charge in [-0.3, -0.25) is 0 Å². The molecule has 1 aliphatic carbocycles. The summed E-state index contributed by atoms with van der Waals surface area (Å²) in [7, 11) is 3.79. The number of aliphatic hydroxyl groups is 1. The van der Waals surface area contributed by atoms with E-state index in [0.29, 0.717) is 25.8 Å². The molecule has 4 heteroatoms. The van der Waals surface area contributed by atoms with Crippen molar-refractivity contribution in [1.29, 1.82) is 0 Å². The van der Waals surface area contributed by atoms with Gasteiger partial charge in [0.15, 0.2) is 0 Å². The third-order valence-electron chi connectivity index (χ3n) is 4.49. The molecule has 2 unspecified atom stereocenters. The first-order valence-corrected chi connectivity index (χ1v) is 8.05. The Balaban J connectivity index is 2.19. The fourth-order valence-corrected chi connectivity index (χ4v) is 3.09. The Labute approximate surface area is 124 Å². The normalized spacial score (nSPS) is 26.7. The Morgan fingerprint density at radius 2 is 1.85 bits per heavy atom. The molecule has 0 amide bonds. The van der Waals surface area contributed by atoms with E-state index in [4.69, 9.17) is 9.47 Å². The van der Waals surface area contributed by atoms with Crippen molar-refractivity contribution < 1.29 is 14.6 Å². The monoisotopic (exact) mass is 287 g/mol. The maximum absolute atomic E-state index is 10.1. The van der Waals surface area contributed by atoms with E-state index in [2.05, 4.69) is 18.9 Å². The summed E-state index contributed by atoms with van der Waals surface area (Å²) in [6.45, 7) is 5.91. The minimum Gasteiger partial charge on any atom is -0.389 e. The lowest BCUT2D eigenvalue weighted by Gasteiger charge is -2.35. The van der Waals surface area contributed by atoms with Gasteiger partial charge in [0.1, 0.15) is 0 Å². The van der Waals surface area contributed by atoms with Crippen molar-refractivity contribution in [3.63, 3.8) is 0 Å². The van der Waals surface area contributed by atoms with E-state index in [0.717, 1.165) is 5.92 Å². The van der Waals surface area contributed by atoms with Crippen molar-refractivity contribution in [3.8, 4) is 0 Å². The standard InChI is InChI=1S/C16H33NO3/c1-5-14-6-8-15(9-7-14)17(3)10-16(18)12-20-13(2)11-19-4/h13-16,18H,5-12H2,1-4H3. The van der Waals surface area contributed by atoms with Crippen molar-refractivity contribution in [2.75, 3.05) is 33.9 Å². The first-order valence-electron chi connectivity index (χ1n) is 8.05. The molecule has 1 aliphatic rings. The van der Waals surface area contributed by atoms with Gasteiger partial charge in [0, 0.05) is 19.7 Å². The third kappa shape index (κ3) is 6.53. The molecule has 1 N–H and O–H groups in total. The van der Waals surface area contributed by atoms with Crippen LogP contribution in [-0.2, 0) is 9.47 Å². The minimum absolute atomic E-state index is 0.0416. The molecular weight excluding hydrogens is 254 g/mol. The molecule has 1 fully saturated rings. The minimum atomic E-state index is -0.414. The summed E-state index contributed by atoms with van der Waals surface area (Å²) < 4.78 is 10.6. The topological polar surface area (TPSA) is 41.9 Å².